The highest BCUT2D eigenvalue weighted by molar-refractivity contribution is 5.92. The first kappa shape index (κ1) is 17.2. The van der Waals surface area contributed by atoms with E-state index >= 15 is 0 Å². The second-order valence-electron chi connectivity index (χ2n) is 5.96. The Bertz CT molecular complexity index is 842. The van der Waals surface area contributed by atoms with Crippen LogP contribution in [0.4, 0.5) is 13.2 Å². The summed E-state index contributed by atoms with van der Waals surface area (Å²) in [4.78, 5) is 31.5. The molecule has 1 aliphatic heterocycles. The first-order valence-electron chi connectivity index (χ1n) is 7.71. The van der Waals surface area contributed by atoms with E-state index in [4.69, 9.17) is 0 Å². The Morgan fingerprint density at radius 3 is 2.80 bits per heavy atom. The molecule has 0 unspecified atom stereocenters. The van der Waals surface area contributed by atoms with Gasteiger partial charge >= 0.3 is 11.9 Å². The second kappa shape index (κ2) is 6.34. The number of carbonyl (C=O) groups is 1. The van der Waals surface area contributed by atoms with E-state index in [1.165, 1.54) is 11.1 Å². The number of halogens is 3. The summed E-state index contributed by atoms with van der Waals surface area (Å²) in [5.74, 6) is -0.647. The number of piperidine rings is 1. The first-order chi connectivity index (χ1) is 11.8. The van der Waals surface area contributed by atoms with Gasteiger partial charge in [0, 0.05) is 44.0 Å². The van der Waals surface area contributed by atoms with Crippen LogP contribution in [0, 0.1) is 0 Å². The molecule has 25 heavy (non-hydrogen) atoms. The van der Waals surface area contributed by atoms with E-state index in [1.807, 2.05) is 0 Å². The Hall–Kier alpha value is -2.65. The fourth-order valence-corrected chi connectivity index (χ4v) is 3.04. The summed E-state index contributed by atoms with van der Waals surface area (Å²) < 4.78 is 39.3. The van der Waals surface area contributed by atoms with E-state index in [-0.39, 0.29) is 11.6 Å². The number of hydrogen-bond acceptors (Lipinski definition) is 4. The quantitative estimate of drug-likeness (QED) is 0.886. The summed E-state index contributed by atoms with van der Waals surface area (Å²) in [6.07, 6.45) is -1.73. The summed E-state index contributed by atoms with van der Waals surface area (Å²) in [6.45, 7) is 0.735. The van der Waals surface area contributed by atoms with Gasteiger partial charge in [-0.2, -0.15) is 18.3 Å². The molecule has 134 valence electrons. The molecule has 10 heteroatoms. The van der Waals surface area contributed by atoms with Crippen molar-refractivity contribution in [1.29, 1.82) is 0 Å². The number of nitrogens with zero attached hydrogens (tertiary/aromatic N) is 4. The number of rotatable bonds is 2. The van der Waals surface area contributed by atoms with Crippen LogP contribution < -0.4 is 5.69 Å². The van der Waals surface area contributed by atoms with Gasteiger partial charge in [0.25, 0.3) is 5.91 Å². The van der Waals surface area contributed by atoms with Crippen molar-refractivity contribution < 1.29 is 18.0 Å². The molecule has 0 spiro atoms. The van der Waals surface area contributed by atoms with E-state index in [0.717, 1.165) is 19.5 Å². The summed E-state index contributed by atoms with van der Waals surface area (Å²) in [6, 6.07) is 2.43. The maximum Gasteiger partial charge on any atom is 0.433 e. The number of aromatic nitrogens is 4. The molecule has 2 aromatic heterocycles. The molecular weight excluding hydrogens is 339 g/mol. The number of hydrogen-bond donors (Lipinski definition) is 1. The van der Waals surface area contributed by atoms with Gasteiger partial charge in [0.15, 0.2) is 5.69 Å². The number of aryl methyl sites for hydroxylation is 1. The standard InChI is InChI=1S/C15H16F3N5O2/c1-22-12(15(16,17)18)7-11(21-22)13(24)23-6-2-3-9(8-23)10-4-5-19-14(25)20-10/h4-5,7,9H,2-3,6,8H2,1H3,(H,19,20,25)/t9-/m0/s1. The average Bonchev–Trinajstić information content (AvgIpc) is 2.96. The van der Waals surface area contributed by atoms with E-state index in [1.54, 1.807) is 6.07 Å². The first-order valence-corrected chi connectivity index (χ1v) is 7.71. The highest BCUT2D eigenvalue weighted by atomic mass is 19.4. The van der Waals surface area contributed by atoms with Crippen molar-refractivity contribution >= 4 is 5.91 Å². The van der Waals surface area contributed by atoms with E-state index in [0.29, 0.717) is 29.9 Å². The summed E-state index contributed by atoms with van der Waals surface area (Å²) in [5.41, 5.74) is -1.02. The molecule has 3 heterocycles. The van der Waals surface area contributed by atoms with Crippen LogP contribution >= 0.6 is 0 Å². The molecule has 2 aromatic rings. The Labute approximate surface area is 140 Å². The summed E-state index contributed by atoms with van der Waals surface area (Å²) in [7, 11) is 1.15. The van der Waals surface area contributed by atoms with E-state index in [9.17, 15) is 22.8 Å². The van der Waals surface area contributed by atoms with E-state index < -0.39 is 23.5 Å². The van der Waals surface area contributed by atoms with Crippen molar-refractivity contribution in [2.45, 2.75) is 24.9 Å². The Kier molecular flexibility index (Phi) is 4.36. The highest BCUT2D eigenvalue weighted by Crippen LogP contribution is 2.30. The van der Waals surface area contributed by atoms with Gasteiger partial charge in [-0.1, -0.05) is 0 Å². The number of amides is 1. The van der Waals surface area contributed by atoms with Crippen LogP contribution in [0.25, 0.3) is 0 Å². The lowest BCUT2D eigenvalue weighted by atomic mass is 9.94. The zero-order valence-electron chi connectivity index (χ0n) is 13.4. The Morgan fingerprint density at radius 2 is 2.16 bits per heavy atom. The molecule has 0 aromatic carbocycles. The second-order valence-corrected chi connectivity index (χ2v) is 5.96. The smallest absolute Gasteiger partial charge is 0.337 e. The Balaban J connectivity index is 1.80. The van der Waals surface area contributed by atoms with Crippen LogP contribution in [0.5, 0.6) is 0 Å². The van der Waals surface area contributed by atoms with Crippen LogP contribution in [0.1, 0.15) is 40.6 Å². The minimum absolute atomic E-state index is 0.0980. The van der Waals surface area contributed by atoms with Crippen molar-refractivity contribution in [3.05, 3.63) is 45.9 Å². The fourth-order valence-electron chi connectivity index (χ4n) is 3.04. The molecule has 1 aliphatic rings. The topological polar surface area (TPSA) is 83.9 Å². The SMILES string of the molecule is Cn1nc(C(=O)N2CCC[C@H](c3ccnc(=O)[nH]3)C2)cc1C(F)(F)F. The van der Waals surface area contributed by atoms with Crippen molar-refractivity contribution in [2.75, 3.05) is 13.1 Å². The molecule has 0 aliphatic carbocycles. The molecule has 1 fully saturated rings. The highest BCUT2D eigenvalue weighted by Gasteiger charge is 2.36. The molecule has 1 saturated heterocycles. The Morgan fingerprint density at radius 1 is 1.40 bits per heavy atom. The van der Waals surface area contributed by atoms with Crippen LogP contribution in [-0.4, -0.2) is 43.6 Å². The molecule has 0 bridgehead atoms. The van der Waals surface area contributed by atoms with Gasteiger partial charge in [0.1, 0.15) is 5.69 Å². The maximum absolute atomic E-state index is 12.9. The van der Waals surface area contributed by atoms with Gasteiger partial charge in [-0.15, -0.1) is 0 Å². The monoisotopic (exact) mass is 355 g/mol. The van der Waals surface area contributed by atoms with Crippen molar-refractivity contribution in [3.63, 3.8) is 0 Å². The van der Waals surface area contributed by atoms with Crippen LogP contribution in [0.3, 0.4) is 0 Å². The number of aromatic amines is 1. The summed E-state index contributed by atoms with van der Waals surface area (Å²) in [5, 5.41) is 3.70. The van der Waals surface area contributed by atoms with Crippen molar-refractivity contribution in [3.8, 4) is 0 Å². The number of alkyl halides is 3. The van der Waals surface area contributed by atoms with Gasteiger partial charge in [0.05, 0.1) is 0 Å². The lowest BCUT2D eigenvalue weighted by molar-refractivity contribution is -0.143. The van der Waals surface area contributed by atoms with Gasteiger partial charge in [-0.25, -0.2) is 9.78 Å². The van der Waals surface area contributed by atoms with Gasteiger partial charge in [0.2, 0.25) is 0 Å². The fraction of sp³-hybridized carbons (Fsp3) is 0.467. The van der Waals surface area contributed by atoms with E-state index in [2.05, 4.69) is 15.1 Å². The molecule has 1 N–H and O–H groups in total. The third kappa shape index (κ3) is 3.57. The molecule has 1 atom stereocenters. The molecule has 7 nitrogen and oxygen atoms in total. The molecule has 0 radical (unpaired) electrons. The minimum atomic E-state index is -4.57. The minimum Gasteiger partial charge on any atom is -0.337 e. The lowest BCUT2D eigenvalue weighted by Crippen LogP contribution is -2.39. The summed E-state index contributed by atoms with van der Waals surface area (Å²) >= 11 is 0. The molecular formula is C15H16F3N5O2. The van der Waals surface area contributed by atoms with Crippen LogP contribution in [0.2, 0.25) is 0 Å². The molecule has 3 rings (SSSR count). The van der Waals surface area contributed by atoms with Crippen LogP contribution in [-0.2, 0) is 13.2 Å². The van der Waals surface area contributed by atoms with Gasteiger partial charge in [-0.05, 0) is 18.9 Å². The van der Waals surface area contributed by atoms with Gasteiger partial charge < -0.3 is 9.88 Å². The van der Waals surface area contributed by atoms with Crippen molar-refractivity contribution in [1.82, 2.24) is 24.6 Å². The number of nitrogens with one attached hydrogen (secondary N) is 1. The third-order valence-electron chi connectivity index (χ3n) is 4.23. The predicted octanol–water partition coefficient (Wildman–Crippen LogP) is 1.54. The average molecular weight is 355 g/mol. The number of H-pyrrole nitrogens is 1. The van der Waals surface area contributed by atoms with Crippen molar-refractivity contribution in [2.24, 2.45) is 7.05 Å². The lowest BCUT2D eigenvalue weighted by Gasteiger charge is -2.32. The van der Waals surface area contributed by atoms with Crippen LogP contribution in [0.15, 0.2) is 23.1 Å². The normalized spacial score (nSPS) is 18.4. The third-order valence-corrected chi connectivity index (χ3v) is 4.23. The predicted molar refractivity (Wildman–Crippen MR) is 80.9 cm³/mol. The van der Waals surface area contributed by atoms with Gasteiger partial charge in [-0.3, -0.25) is 9.48 Å². The number of likely N-dealkylation sites (tertiary alicyclic amines) is 1. The number of carbonyl (C=O) groups excluding carboxylic acids is 1. The zero-order valence-corrected chi connectivity index (χ0v) is 13.4. The zero-order chi connectivity index (χ0) is 18.2. The molecule has 1 amide bonds. The maximum atomic E-state index is 12.9. The largest absolute Gasteiger partial charge is 0.433 e. The molecule has 0 saturated carbocycles.